The van der Waals surface area contributed by atoms with Gasteiger partial charge in [0.25, 0.3) is 0 Å². The molecule has 2 aromatic rings. The van der Waals surface area contributed by atoms with Gasteiger partial charge in [-0.25, -0.2) is 8.42 Å². The minimum atomic E-state index is -3.24. The van der Waals surface area contributed by atoms with Crippen molar-refractivity contribution in [3.63, 3.8) is 0 Å². The summed E-state index contributed by atoms with van der Waals surface area (Å²) in [4.78, 5) is 1.41. The molecular weight excluding hydrogens is 344 g/mol. The van der Waals surface area contributed by atoms with Gasteiger partial charge in [0.2, 0.25) is 10.0 Å². The maximum atomic E-state index is 12.6. The lowest BCUT2D eigenvalue weighted by atomic mass is 10.2. The van der Waals surface area contributed by atoms with Crippen LogP contribution in [-0.4, -0.2) is 38.9 Å². The minimum Gasteiger partial charge on any atom is -0.329 e. The Balaban J connectivity index is 1.55. The number of nitrogens with one attached hydrogen (secondary N) is 1. The lowest BCUT2D eigenvalue weighted by molar-refractivity contribution is -0.917. The molecule has 1 fully saturated rings. The van der Waals surface area contributed by atoms with Crippen molar-refractivity contribution in [2.45, 2.75) is 12.3 Å². The van der Waals surface area contributed by atoms with E-state index in [2.05, 4.69) is 0 Å². The van der Waals surface area contributed by atoms with Crippen LogP contribution in [0.2, 0.25) is 5.02 Å². The van der Waals surface area contributed by atoms with Gasteiger partial charge in [-0.3, -0.25) is 0 Å². The quantitative estimate of drug-likeness (QED) is 0.874. The van der Waals surface area contributed by atoms with Crippen LogP contribution in [0.1, 0.15) is 11.1 Å². The third kappa shape index (κ3) is 4.57. The molecule has 1 aliphatic rings. The van der Waals surface area contributed by atoms with Gasteiger partial charge < -0.3 is 4.90 Å². The summed E-state index contributed by atoms with van der Waals surface area (Å²) in [5.41, 5.74) is 2.07. The molecule has 0 unspecified atom stereocenters. The maximum absolute atomic E-state index is 12.6. The number of rotatable bonds is 5. The first-order valence-electron chi connectivity index (χ1n) is 8.13. The van der Waals surface area contributed by atoms with E-state index in [1.54, 1.807) is 4.31 Å². The number of piperazine rings is 1. The molecule has 128 valence electrons. The number of halogens is 1. The fraction of sp³-hybridized carbons (Fsp3) is 0.333. The predicted molar refractivity (Wildman–Crippen MR) is 96.5 cm³/mol. The van der Waals surface area contributed by atoms with Crippen molar-refractivity contribution in [1.29, 1.82) is 0 Å². The first-order chi connectivity index (χ1) is 11.5. The van der Waals surface area contributed by atoms with Crippen molar-refractivity contribution in [2.75, 3.05) is 26.2 Å². The molecule has 0 atom stereocenters. The van der Waals surface area contributed by atoms with E-state index in [9.17, 15) is 8.42 Å². The molecule has 3 rings (SSSR count). The van der Waals surface area contributed by atoms with Crippen LogP contribution in [0.15, 0.2) is 54.6 Å². The largest absolute Gasteiger partial charge is 0.329 e. The molecule has 1 N–H and O–H groups in total. The summed E-state index contributed by atoms with van der Waals surface area (Å²) >= 11 is 5.91. The topological polar surface area (TPSA) is 41.8 Å². The predicted octanol–water partition coefficient (Wildman–Crippen LogP) is 1.57. The Kier molecular flexibility index (Phi) is 5.56. The highest BCUT2D eigenvalue weighted by Gasteiger charge is 2.29. The second-order valence-corrected chi connectivity index (χ2v) is 8.60. The zero-order valence-corrected chi connectivity index (χ0v) is 15.1. The molecular formula is C18H22ClN2O2S+. The summed E-state index contributed by atoms with van der Waals surface area (Å²) in [5.74, 6) is 0.0837. The van der Waals surface area contributed by atoms with Crippen molar-refractivity contribution in [2.24, 2.45) is 0 Å². The Morgan fingerprint density at radius 1 is 0.917 bits per heavy atom. The number of hydrogen-bond donors (Lipinski definition) is 1. The number of benzene rings is 2. The SMILES string of the molecule is O=S(=O)(Cc1ccccc1)N1CC[NH+](Cc2ccc(Cl)cc2)CC1. The van der Waals surface area contributed by atoms with Gasteiger partial charge in [-0.2, -0.15) is 4.31 Å². The van der Waals surface area contributed by atoms with E-state index in [-0.39, 0.29) is 5.75 Å². The molecule has 0 saturated carbocycles. The molecule has 0 aliphatic carbocycles. The average molecular weight is 366 g/mol. The summed E-state index contributed by atoms with van der Waals surface area (Å²) < 4.78 is 26.7. The lowest BCUT2D eigenvalue weighted by Gasteiger charge is -2.31. The van der Waals surface area contributed by atoms with Crippen molar-refractivity contribution in [3.8, 4) is 0 Å². The highest BCUT2D eigenvalue weighted by atomic mass is 35.5. The fourth-order valence-electron chi connectivity index (χ4n) is 3.02. The zero-order valence-electron chi connectivity index (χ0n) is 13.5. The second kappa shape index (κ2) is 7.66. The van der Waals surface area contributed by atoms with Crippen molar-refractivity contribution in [3.05, 3.63) is 70.7 Å². The zero-order chi connectivity index (χ0) is 17.0. The monoisotopic (exact) mass is 365 g/mol. The van der Waals surface area contributed by atoms with Crippen LogP contribution in [0.5, 0.6) is 0 Å². The highest BCUT2D eigenvalue weighted by molar-refractivity contribution is 7.88. The second-order valence-electron chi connectivity index (χ2n) is 6.19. The molecule has 4 nitrogen and oxygen atoms in total. The Morgan fingerprint density at radius 3 is 2.17 bits per heavy atom. The average Bonchev–Trinajstić information content (AvgIpc) is 2.58. The van der Waals surface area contributed by atoms with Gasteiger partial charge in [-0.05, 0) is 17.7 Å². The van der Waals surface area contributed by atoms with E-state index in [4.69, 9.17) is 11.6 Å². The third-order valence-electron chi connectivity index (χ3n) is 4.38. The van der Waals surface area contributed by atoms with Crippen LogP contribution in [0.25, 0.3) is 0 Å². The van der Waals surface area contributed by atoms with Crippen LogP contribution in [-0.2, 0) is 22.3 Å². The first kappa shape index (κ1) is 17.4. The number of nitrogens with zero attached hydrogens (tertiary/aromatic N) is 1. The number of sulfonamides is 1. The van der Waals surface area contributed by atoms with Gasteiger partial charge in [-0.1, -0.05) is 54.1 Å². The summed E-state index contributed by atoms with van der Waals surface area (Å²) in [5, 5.41) is 0.741. The molecule has 1 heterocycles. The van der Waals surface area contributed by atoms with Gasteiger partial charge in [0.1, 0.15) is 6.54 Å². The maximum Gasteiger partial charge on any atom is 0.218 e. The molecule has 6 heteroatoms. The molecule has 1 aliphatic heterocycles. The summed E-state index contributed by atoms with van der Waals surface area (Å²) in [6, 6.07) is 17.2. The normalized spacial score (nSPS) is 17.0. The number of quaternary nitrogens is 1. The molecule has 0 spiro atoms. The van der Waals surface area contributed by atoms with Crippen molar-refractivity contribution in [1.82, 2.24) is 4.31 Å². The van der Waals surface area contributed by atoms with E-state index < -0.39 is 10.0 Å². The summed E-state index contributed by atoms with van der Waals surface area (Å²) in [6.07, 6.45) is 0. The van der Waals surface area contributed by atoms with Crippen LogP contribution in [0.3, 0.4) is 0 Å². The Bertz CT molecular complexity index is 755. The highest BCUT2D eigenvalue weighted by Crippen LogP contribution is 2.11. The van der Waals surface area contributed by atoms with Gasteiger partial charge in [0, 0.05) is 10.6 Å². The van der Waals surface area contributed by atoms with E-state index in [0.29, 0.717) is 13.1 Å². The van der Waals surface area contributed by atoms with Crippen molar-refractivity contribution < 1.29 is 13.3 Å². The summed E-state index contributed by atoms with van der Waals surface area (Å²) in [7, 11) is -3.24. The van der Waals surface area contributed by atoms with Gasteiger partial charge in [0.15, 0.2) is 0 Å². The Morgan fingerprint density at radius 2 is 1.54 bits per heavy atom. The van der Waals surface area contributed by atoms with E-state index in [0.717, 1.165) is 30.2 Å². The Labute approximate surface area is 148 Å². The molecule has 1 saturated heterocycles. The lowest BCUT2D eigenvalue weighted by Crippen LogP contribution is -3.13. The van der Waals surface area contributed by atoms with Crippen LogP contribution in [0, 0.1) is 0 Å². The first-order valence-corrected chi connectivity index (χ1v) is 10.1. The van der Waals surface area contributed by atoms with Crippen molar-refractivity contribution >= 4 is 21.6 Å². The minimum absolute atomic E-state index is 0.0837. The van der Waals surface area contributed by atoms with Crippen LogP contribution < -0.4 is 4.90 Å². The fourth-order valence-corrected chi connectivity index (χ4v) is 4.69. The van der Waals surface area contributed by atoms with Crippen LogP contribution >= 0.6 is 11.6 Å². The van der Waals surface area contributed by atoms with E-state index >= 15 is 0 Å². The van der Waals surface area contributed by atoms with Gasteiger partial charge >= 0.3 is 0 Å². The number of hydrogen-bond acceptors (Lipinski definition) is 2. The smallest absolute Gasteiger partial charge is 0.218 e. The Hall–Kier alpha value is -1.40. The van der Waals surface area contributed by atoms with Crippen LogP contribution in [0.4, 0.5) is 0 Å². The van der Waals surface area contributed by atoms with Gasteiger partial charge in [-0.15, -0.1) is 0 Å². The summed E-state index contributed by atoms with van der Waals surface area (Å²) in [6.45, 7) is 3.73. The molecule has 2 aromatic carbocycles. The van der Waals surface area contributed by atoms with Gasteiger partial charge in [0.05, 0.1) is 31.9 Å². The molecule has 24 heavy (non-hydrogen) atoms. The molecule has 0 amide bonds. The molecule has 0 bridgehead atoms. The van der Waals surface area contributed by atoms with E-state index in [1.165, 1.54) is 10.5 Å². The molecule has 0 aromatic heterocycles. The molecule has 0 radical (unpaired) electrons. The standard InChI is InChI=1S/C18H21ClN2O2S/c19-18-8-6-16(7-9-18)14-20-10-12-21(13-11-20)24(22,23)15-17-4-2-1-3-5-17/h1-9H,10-15H2/p+1. The van der Waals surface area contributed by atoms with E-state index in [1.807, 2.05) is 54.6 Å². The third-order valence-corrected chi connectivity index (χ3v) is 6.48.